The van der Waals surface area contributed by atoms with Crippen molar-refractivity contribution < 1.29 is 8.78 Å². The molecule has 1 N–H and O–H groups in total. The summed E-state index contributed by atoms with van der Waals surface area (Å²) < 4.78 is 26.6. The first-order chi connectivity index (χ1) is 9.08. The molecule has 0 bridgehead atoms. The van der Waals surface area contributed by atoms with Crippen LogP contribution in [0.3, 0.4) is 0 Å². The molecule has 3 aromatic rings. The third-order valence-corrected chi connectivity index (χ3v) is 3.93. The van der Waals surface area contributed by atoms with Gasteiger partial charge in [-0.1, -0.05) is 0 Å². The van der Waals surface area contributed by atoms with E-state index in [9.17, 15) is 13.6 Å². The number of aryl methyl sites for hydroxylation is 1. The number of H-pyrrole nitrogens is 1. The van der Waals surface area contributed by atoms with Gasteiger partial charge in [0, 0.05) is 5.39 Å². The summed E-state index contributed by atoms with van der Waals surface area (Å²) in [6.07, 6.45) is 0. The number of aromatic amines is 1. The van der Waals surface area contributed by atoms with E-state index < -0.39 is 17.2 Å². The molecule has 1 aromatic carbocycles. The van der Waals surface area contributed by atoms with E-state index in [0.717, 1.165) is 22.6 Å². The van der Waals surface area contributed by atoms with Crippen LogP contribution in [0.4, 0.5) is 8.78 Å². The minimum absolute atomic E-state index is 0.0942. The number of thiophene rings is 1. The molecule has 0 aliphatic carbocycles. The zero-order chi connectivity index (χ0) is 13.6. The second kappa shape index (κ2) is 4.24. The molecule has 0 aliphatic rings. The first-order valence-corrected chi connectivity index (χ1v) is 6.38. The number of hydrogen-bond donors (Lipinski definition) is 1. The number of benzene rings is 1. The van der Waals surface area contributed by atoms with E-state index in [1.54, 1.807) is 0 Å². The SMILES string of the molecule is Cc1ccsc1-c1n[nH]c(=O)c2cc(F)c(F)cc12. The average Bonchev–Trinajstić information content (AvgIpc) is 2.79. The van der Waals surface area contributed by atoms with Gasteiger partial charge in [0.25, 0.3) is 5.56 Å². The zero-order valence-electron chi connectivity index (χ0n) is 9.83. The molecule has 3 nitrogen and oxygen atoms in total. The van der Waals surface area contributed by atoms with Gasteiger partial charge in [0.2, 0.25) is 0 Å². The second-order valence-corrected chi connectivity index (χ2v) is 5.06. The quantitative estimate of drug-likeness (QED) is 0.742. The highest BCUT2D eigenvalue weighted by molar-refractivity contribution is 7.13. The number of halogens is 2. The minimum atomic E-state index is -1.04. The molecule has 0 atom stereocenters. The third-order valence-electron chi connectivity index (χ3n) is 2.91. The summed E-state index contributed by atoms with van der Waals surface area (Å²) in [5, 5.41) is 8.57. The number of aromatic nitrogens is 2. The molecule has 0 saturated carbocycles. The fourth-order valence-corrected chi connectivity index (χ4v) is 2.88. The van der Waals surface area contributed by atoms with Crippen LogP contribution in [0.25, 0.3) is 21.3 Å². The van der Waals surface area contributed by atoms with Gasteiger partial charge in [0.15, 0.2) is 11.6 Å². The molecule has 0 saturated heterocycles. The molecular weight excluding hydrogens is 270 g/mol. The summed E-state index contributed by atoms with van der Waals surface area (Å²) in [4.78, 5) is 12.5. The molecule has 0 fully saturated rings. The van der Waals surface area contributed by atoms with Gasteiger partial charge in [0.1, 0.15) is 5.69 Å². The Bertz CT molecular complexity index is 838. The Morgan fingerprint density at radius 1 is 1.21 bits per heavy atom. The standard InChI is InChI=1S/C13H8F2N2OS/c1-6-2-3-19-12(6)11-7-4-9(14)10(15)5-8(7)13(18)17-16-11/h2-5H,1H3,(H,17,18). The number of hydrogen-bond acceptors (Lipinski definition) is 3. The Morgan fingerprint density at radius 3 is 2.53 bits per heavy atom. The summed E-state index contributed by atoms with van der Waals surface area (Å²) in [7, 11) is 0. The van der Waals surface area contributed by atoms with Crippen molar-refractivity contribution >= 4 is 22.1 Å². The van der Waals surface area contributed by atoms with Crippen LogP contribution in [0, 0.1) is 18.6 Å². The predicted octanol–water partition coefficient (Wildman–Crippen LogP) is 3.24. The van der Waals surface area contributed by atoms with Crippen LogP contribution in [0.5, 0.6) is 0 Å². The number of nitrogens with one attached hydrogen (secondary N) is 1. The molecule has 6 heteroatoms. The summed E-state index contributed by atoms with van der Waals surface area (Å²) in [6.45, 7) is 1.89. The molecule has 0 unspecified atom stereocenters. The van der Waals surface area contributed by atoms with Crippen molar-refractivity contribution in [1.82, 2.24) is 10.2 Å². The Hall–Kier alpha value is -2.08. The Balaban J connectivity index is 2.45. The maximum absolute atomic E-state index is 13.4. The zero-order valence-corrected chi connectivity index (χ0v) is 10.6. The van der Waals surface area contributed by atoms with Gasteiger partial charge in [-0.15, -0.1) is 11.3 Å². The Kier molecular flexibility index (Phi) is 2.67. The molecule has 19 heavy (non-hydrogen) atoms. The molecule has 2 aromatic heterocycles. The van der Waals surface area contributed by atoms with Crippen LogP contribution in [-0.4, -0.2) is 10.2 Å². The van der Waals surface area contributed by atoms with E-state index in [-0.39, 0.29) is 5.39 Å². The summed E-state index contributed by atoms with van der Waals surface area (Å²) in [6, 6.07) is 3.82. The van der Waals surface area contributed by atoms with Crippen LogP contribution in [0.1, 0.15) is 5.56 Å². The predicted molar refractivity (Wildman–Crippen MR) is 70.3 cm³/mol. The molecular formula is C13H8F2N2OS. The molecule has 0 aliphatic heterocycles. The van der Waals surface area contributed by atoms with Crippen molar-refractivity contribution in [3.63, 3.8) is 0 Å². The van der Waals surface area contributed by atoms with Gasteiger partial charge in [0.05, 0.1) is 10.3 Å². The largest absolute Gasteiger partial charge is 0.272 e. The maximum Gasteiger partial charge on any atom is 0.272 e. The van der Waals surface area contributed by atoms with Gasteiger partial charge in [-0.25, -0.2) is 13.9 Å². The minimum Gasteiger partial charge on any atom is -0.267 e. The van der Waals surface area contributed by atoms with Gasteiger partial charge in [-0.2, -0.15) is 5.10 Å². The second-order valence-electron chi connectivity index (χ2n) is 4.15. The van der Waals surface area contributed by atoms with Crippen LogP contribution < -0.4 is 5.56 Å². The lowest BCUT2D eigenvalue weighted by molar-refractivity contribution is 0.511. The van der Waals surface area contributed by atoms with Gasteiger partial charge in [-0.3, -0.25) is 4.79 Å². The number of nitrogens with zero attached hydrogens (tertiary/aromatic N) is 1. The van der Waals surface area contributed by atoms with Crippen molar-refractivity contribution in [3.05, 3.63) is 51.1 Å². The molecule has 0 spiro atoms. The monoisotopic (exact) mass is 278 g/mol. The van der Waals surface area contributed by atoms with Gasteiger partial charge >= 0.3 is 0 Å². The van der Waals surface area contributed by atoms with E-state index in [1.165, 1.54) is 11.3 Å². The molecule has 2 heterocycles. The van der Waals surface area contributed by atoms with Gasteiger partial charge < -0.3 is 0 Å². The van der Waals surface area contributed by atoms with Crippen molar-refractivity contribution in [2.45, 2.75) is 6.92 Å². The topological polar surface area (TPSA) is 45.8 Å². The lowest BCUT2D eigenvalue weighted by Gasteiger charge is -2.05. The van der Waals surface area contributed by atoms with E-state index in [1.807, 2.05) is 18.4 Å². The summed E-state index contributed by atoms with van der Waals surface area (Å²) in [5.41, 5.74) is 0.892. The lowest BCUT2D eigenvalue weighted by atomic mass is 10.1. The molecule has 96 valence electrons. The van der Waals surface area contributed by atoms with E-state index in [2.05, 4.69) is 10.2 Å². The highest BCUT2D eigenvalue weighted by Crippen LogP contribution is 2.32. The van der Waals surface area contributed by atoms with Crippen LogP contribution in [0.2, 0.25) is 0 Å². The summed E-state index contributed by atoms with van der Waals surface area (Å²) in [5.74, 6) is -2.03. The normalized spacial score (nSPS) is 11.1. The number of rotatable bonds is 1. The molecule has 0 radical (unpaired) electrons. The third kappa shape index (κ3) is 1.84. The smallest absolute Gasteiger partial charge is 0.267 e. The van der Waals surface area contributed by atoms with Crippen molar-refractivity contribution in [2.24, 2.45) is 0 Å². The number of fused-ring (bicyclic) bond motifs is 1. The van der Waals surface area contributed by atoms with Crippen LogP contribution in [-0.2, 0) is 0 Å². The van der Waals surface area contributed by atoms with Crippen molar-refractivity contribution in [2.75, 3.05) is 0 Å². The van der Waals surface area contributed by atoms with E-state index in [0.29, 0.717) is 11.1 Å². The van der Waals surface area contributed by atoms with Gasteiger partial charge in [-0.05, 0) is 36.1 Å². The highest BCUT2D eigenvalue weighted by atomic mass is 32.1. The first kappa shape index (κ1) is 12.0. The summed E-state index contributed by atoms with van der Waals surface area (Å²) >= 11 is 1.43. The maximum atomic E-state index is 13.4. The lowest BCUT2D eigenvalue weighted by Crippen LogP contribution is -2.10. The fourth-order valence-electron chi connectivity index (χ4n) is 1.95. The Labute approximate surface area is 110 Å². The van der Waals surface area contributed by atoms with Crippen molar-refractivity contribution in [1.29, 1.82) is 0 Å². The van der Waals surface area contributed by atoms with Crippen molar-refractivity contribution in [3.8, 4) is 10.6 Å². The van der Waals surface area contributed by atoms with Crippen LogP contribution in [0.15, 0.2) is 28.4 Å². The molecule has 3 rings (SSSR count). The van der Waals surface area contributed by atoms with E-state index in [4.69, 9.17) is 0 Å². The Morgan fingerprint density at radius 2 is 1.89 bits per heavy atom. The molecule has 0 amide bonds. The van der Waals surface area contributed by atoms with E-state index >= 15 is 0 Å². The fraction of sp³-hybridized carbons (Fsp3) is 0.0769. The first-order valence-electron chi connectivity index (χ1n) is 5.50. The highest BCUT2D eigenvalue weighted by Gasteiger charge is 2.15. The van der Waals surface area contributed by atoms with Crippen LogP contribution >= 0.6 is 11.3 Å². The average molecular weight is 278 g/mol.